The second kappa shape index (κ2) is 4.14. The Morgan fingerprint density at radius 2 is 2.19 bits per heavy atom. The third-order valence-corrected chi connectivity index (χ3v) is 2.96. The van der Waals surface area contributed by atoms with E-state index in [0.717, 1.165) is 12.0 Å². The molecular formula is C12H15NO3. The van der Waals surface area contributed by atoms with E-state index in [4.69, 9.17) is 10.8 Å². The molecule has 0 radical (unpaired) electrons. The average molecular weight is 221 g/mol. The summed E-state index contributed by atoms with van der Waals surface area (Å²) in [7, 11) is 0. The van der Waals surface area contributed by atoms with Gasteiger partial charge in [0.1, 0.15) is 11.3 Å². The van der Waals surface area contributed by atoms with E-state index >= 15 is 0 Å². The van der Waals surface area contributed by atoms with Gasteiger partial charge in [-0.1, -0.05) is 18.9 Å². The van der Waals surface area contributed by atoms with Gasteiger partial charge in [0.15, 0.2) is 0 Å². The minimum atomic E-state index is -1.13. The van der Waals surface area contributed by atoms with Gasteiger partial charge in [-0.3, -0.25) is 0 Å². The zero-order chi connectivity index (χ0) is 11.7. The molecule has 4 nitrogen and oxygen atoms in total. The van der Waals surface area contributed by atoms with E-state index in [1.807, 2.05) is 0 Å². The quantitative estimate of drug-likeness (QED) is 0.725. The van der Waals surface area contributed by atoms with E-state index < -0.39 is 5.97 Å². The van der Waals surface area contributed by atoms with E-state index in [2.05, 4.69) is 0 Å². The van der Waals surface area contributed by atoms with Crippen LogP contribution in [0.2, 0.25) is 0 Å². The Balaban J connectivity index is 2.20. The summed E-state index contributed by atoms with van der Waals surface area (Å²) in [5, 5.41) is 18.2. The van der Waals surface area contributed by atoms with Crippen molar-refractivity contribution in [3.8, 4) is 5.75 Å². The Morgan fingerprint density at radius 1 is 1.50 bits per heavy atom. The molecule has 1 fully saturated rings. The number of phenols is 1. The lowest BCUT2D eigenvalue weighted by Crippen LogP contribution is -2.12. The molecule has 0 aromatic heterocycles. The molecule has 0 amide bonds. The normalized spacial score (nSPS) is 17.1. The maximum absolute atomic E-state index is 10.8. The third kappa shape index (κ3) is 2.33. The summed E-state index contributed by atoms with van der Waals surface area (Å²) in [6.45, 7) is 0. The van der Waals surface area contributed by atoms with Gasteiger partial charge >= 0.3 is 5.97 Å². The minimum Gasteiger partial charge on any atom is -0.507 e. The van der Waals surface area contributed by atoms with E-state index in [9.17, 15) is 9.90 Å². The third-order valence-electron chi connectivity index (χ3n) is 2.96. The lowest BCUT2D eigenvalue weighted by atomic mass is 9.99. The standard InChI is InChI=1S/C12H15NO3/c13-10(5-7-1-2-7)8-3-4-11(14)9(6-8)12(15)16/h3-4,6-7,10,14H,1-2,5,13H2,(H,15,16)/t10-/m1/s1. The second-order valence-electron chi connectivity index (χ2n) is 4.37. The topological polar surface area (TPSA) is 83.5 Å². The SMILES string of the molecule is N[C@H](CC1CC1)c1ccc(O)c(C(=O)O)c1. The van der Waals surface area contributed by atoms with Gasteiger partial charge in [0, 0.05) is 6.04 Å². The van der Waals surface area contributed by atoms with E-state index in [0.29, 0.717) is 5.92 Å². The first-order valence-electron chi connectivity index (χ1n) is 5.39. The predicted octanol–water partition coefficient (Wildman–Crippen LogP) is 1.89. The molecule has 4 heteroatoms. The number of nitrogens with two attached hydrogens (primary N) is 1. The lowest BCUT2D eigenvalue weighted by molar-refractivity contribution is 0.0693. The highest BCUT2D eigenvalue weighted by molar-refractivity contribution is 5.90. The number of carbonyl (C=O) groups is 1. The van der Waals surface area contributed by atoms with Gasteiger partial charge < -0.3 is 15.9 Å². The number of carboxylic acids is 1. The van der Waals surface area contributed by atoms with Gasteiger partial charge in [0.25, 0.3) is 0 Å². The van der Waals surface area contributed by atoms with Crippen LogP contribution < -0.4 is 5.73 Å². The molecule has 1 aromatic carbocycles. The minimum absolute atomic E-state index is 0.0799. The van der Waals surface area contributed by atoms with Crippen molar-refractivity contribution in [2.24, 2.45) is 11.7 Å². The Hall–Kier alpha value is -1.55. The molecule has 0 bridgehead atoms. The fourth-order valence-electron chi connectivity index (χ4n) is 1.80. The average Bonchev–Trinajstić information content (AvgIpc) is 3.01. The van der Waals surface area contributed by atoms with Crippen molar-refractivity contribution in [2.75, 3.05) is 0 Å². The van der Waals surface area contributed by atoms with Crippen LogP contribution in [0.1, 0.15) is 41.2 Å². The molecule has 1 aliphatic carbocycles. The summed E-state index contributed by atoms with van der Waals surface area (Å²) >= 11 is 0. The van der Waals surface area contributed by atoms with Crippen molar-refractivity contribution >= 4 is 5.97 Å². The van der Waals surface area contributed by atoms with Crippen molar-refractivity contribution in [1.29, 1.82) is 0 Å². The van der Waals surface area contributed by atoms with Crippen LogP contribution in [0.3, 0.4) is 0 Å². The smallest absolute Gasteiger partial charge is 0.339 e. The monoisotopic (exact) mass is 221 g/mol. The molecule has 0 saturated heterocycles. The van der Waals surface area contributed by atoms with Crippen molar-refractivity contribution in [3.63, 3.8) is 0 Å². The molecule has 2 rings (SSSR count). The largest absolute Gasteiger partial charge is 0.507 e. The van der Waals surface area contributed by atoms with Crippen LogP contribution >= 0.6 is 0 Å². The fourth-order valence-corrected chi connectivity index (χ4v) is 1.80. The first-order valence-corrected chi connectivity index (χ1v) is 5.39. The molecule has 1 saturated carbocycles. The highest BCUT2D eigenvalue weighted by Crippen LogP contribution is 2.37. The van der Waals surface area contributed by atoms with Crippen molar-refractivity contribution in [1.82, 2.24) is 0 Å². The Kier molecular flexibility index (Phi) is 2.83. The maximum atomic E-state index is 10.8. The Morgan fingerprint density at radius 3 is 2.75 bits per heavy atom. The summed E-state index contributed by atoms with van der Waals surface area (Å²) < 4.78 is 0. The number of carboxylic acid groups (broad SMARTS) is 1. The van der Waals surface area contributed by atoms with Crippen LogP contribution in [0.25, 0.3) is 0 Å². The maximum Gasteiger partial charge on any atom is 0.339 e. The summed E-state index contributed by atoms with van der Waals surface area (Å²) in [6.07, 6.45) is 3.33. The van der Waals surface area contributed by atoms with Crippen molar-refractivity contribution in [2.45, 2.75) is 25.3 Å². The van der Waals surface area contributed by atoms with E-state index in [1.54, 1.807) is 6.07 Å². The van der Waals surface area contributed by atoms with Crippen LogP contribution in [0.15, 0.2) is 18.2 Å². The number of hydrogen-bond acceptors (Lipinski definition) is 3. The number of benzene rings is 1. The molecule has 0 spiro atoms. The second-order valence-corrected chi connectivity index (χ2v) is 4.37. The van der Waals surface area contributed by atoms with Gasteiger partial charge in [-0.15, -0.1) is 0 Å². The number of hydrogen-bond donors (Lipinski definition) is 3. The highest BCUT2D eigenvalue weighted by atomic mass is 16.4. The van der Waals surface area contributed by atoms with Crippen LogP contribution in [-0.2, 0) is 0 Å². The summed E-state index contributed by atoms with van der Waals surface area (Å²) in [4.78, 5) is 10.8. The zero-order valence-corrected chi connectivity index (χ0v) is 8.89. The molecule has 4 N–H and O–H groups in total. The number of aromatic hydroxyl groups is 1. The summed E-state index contributed by atoms with van der Waals surface area (Å²) in [5.41, 5.74) is 6.68. The zero-order valence-electron chi connectivity index (χ0n) is 8.89. The van der Waals surface area contributed by atoms with Gasteiger partial charge in [-0.05, 0) is 30.0 Å². The van der Waals surface area contributed by atoms with Gasteiger partial charge in [0.2, 0.25) is 0 Å². The van der Waals surface area contributed by atoms with Crippen molar-refractivity contribution < 1.29 is 15.0 Å². The molecule has 16 heavy (non-hydrogen) atoms. The Bertz CT molecular complexity index is 413. The number of rotatable bonds is 4. The fraction of sp³-hybridized carbons (Fsp3) is 0.417. The van der Waals surface area contributed by atoms with Gasteiger partial charge in [-0.25, -0.2) is 4.79 Å². The van der Waals surface area contributed by atoms with E-state index in [-0.39, 0.29) is 17.4 Å². The van der Waals surface area contributed by atoms with Gasteiger partial charge in [0.05, 0.1) is 0 Å². The highest BCUT2D eigenvalue weighted by Gasteiger charge is 2.25. The molecular weight excluding hydrogens is 206 g/mol. The molecule has 1 atom stereocenters. The van der Waals surface area contributed by atoms with Crippen LogP contribution in [0, 0.1) is 5.92 Å². The molecule has 0 unspecified atom stereocenters. The summed E-state index contributed by atoms with van der Waals surface area (Å²) in [6, 6.07) is 4.41. The number of aromatic carboxylic acids is 1. The van der Waals surface area contributed by atoms with Crippen molar-refractivity contribution in [3.05, 3.63) is 29.3 Å². The van der Waals surface area contributed by atoms with Gasteiger partial charge in [-0.2, -0.15) is 0 Å². The predicted molar refractivity (Wildman–Crippen MR) is 59.3 cm³/mol. The van der Waals surface area contributed by atoms with Crippen LogP contribution in [-0.4, -0.2) is 16.2 Å². The molecule has 1 aromatic rings. The van der Waals surface area contributed by atoms with Crippen LogP contribution in [0.5, 0.6) is 5.75 Å². The van der Waals surface area contributed by atoms with E-state index in [1.165, 1.54) is 25.0 Å². The Labute approximate surface area is 93.7 Å². The molecule has 86 valence electrons. The lowest BCUT2D eigenvalue weighted by Gasteiger charge is -2.12. The first-order chi connectivity index (χ1) is 7.58. The molecule has 0 heterocycles. The molecule has 0 aliphatic heterocycles. The van der Waals surface area contributed by atoms with Crippen LogP contribution in [0.4, 0.5) is 0 Å². The first kappa shape index (κ1) is 11.0. The summed E-state index contributed by atoms with van der Waals surface area (Å²) in [5.74, 6) is -0.648. The molecule has 1 aliphatic rings.